The Morgan fingerprint density at radius 1 is 1.14 bits per heavy atom. The van der Waals surface area contributed by atoms with Gasteiger partial charge in [-0.25, -0.2) is 0 Å². The molecule has 21 heavy (non-hydrogen) atoms. The molecule has 0 radical (unpaired) electrons. The first kappa shape index (κ1) is 18.9. The normalized spacial score (nSPS) is 18.4. The van der Waals surface area contributed by atoms with Crippen molar-refractivity contribution in [1.29, 1.82) is 0 Å². The van der Waals surface area contributed by atoms with Crippen LogP contribution in [-0.2, 0) is 9.47 Å². The van der Waals surface area contributed by atoms with Crippen molar-refractivity contribution in [3.8, 4) is 0 Å². The third kappa shape index (κ3) is 8.15. The van der Waals surface area contributed by atoms with Crippen molar-refractivity contribution < 1.29 is 14.6 Å². The third-order valence-electron chi connectivity index (χ3n) is 4.48. The van der Waals surface area contributed by atoms with Crippen LogP contribution in [0.1, 0.15) is 64.7 Å². The van der Waals surface area contributed by atoms with E-state index >= 15 is 0 Å². The van der Waals surface area contributed by atoms with Gasteiger partial charge in [0.1, 0.15) is 0 Å². The summed E-state index contributed by atoms with van der Waals surface area (Å²) in [5.41, 5.74) is 0.0269. The van der Waals surface area contributed by atoms with E-state index in [0.29, 0.717) is 13.2 Å². The number of ether oxygens (including phenoxy) is 2. The number of hydrogen-bond donors (Lipinski definition) is 2. The molecule has 1 fully saturated rings. The molecular formula is C17H35NO3. The zero-order chi connectivity index (χ0) is 15.4. The summed E-state index contributed by atoms with van der Waals surface area (Å²) >= 11 is 0. The molecule has 0 aromatic carbocycles. The summed E-state index contributed by atoms with van der Waals surface area (Å²) in [6.45, 7) is 4.85. The van der Waals surface area contributed by atoms with Crippen molar-refractivity contribution in [2.24, 2.45) is 0 Å². The van der Waals surface area contributed by atoms with E-state index in [1.54, 1.807) is 7.11 Å². The summed E-state index contributed by atoms with van der Waals surface area (Å²) in [4.78, 5) is 0. The zero-order valence-corrected chi connectivity index (χ0v) is 14.0. The van der Waals surface area contributed by atoms with Gasteiger partial charge >= 0.3 is 0 Å². The third-order valence-corrected chi connectivity index (χ3v) is 4.48. The summed E-state index contributed by atoms with van der Waals surface area (Å²) in [7, 11) is 1.78. The highest BCUT2D eigenvalue weighted by Gasteiger charge is 2.36. The maximum absolute atomic E-state index is 9.85. The summed E-state index contributed by atoms with van der Waals surface area (Å²) in [6, 6.07) is 0. The van der Waals surface area contributed by atoms with E-state index in [2.05, 4.69) is 12.2 Å². The number of methoxy groups -OCH3 is 1. The Labute approximate surface area is 130 Å². The molecule has 1 atom stereocenters. The van der Waals surface area contributed by atoms with Gasteiger partial charge in [0.05, 0.1) is 18.3 Å². The lowest BCUT2D eigenvalue weighted by atomic mass is 9.80. The molecular weight excluding hydrogens is 266 g/mol. The zero-order valence-electron chi connectivity index (χ0n) is 14.0. The number of unbranched alkanes of at least 4 members (excludes halogenated alkanes) is 5. The topological polar surface area (TPSA) is 50.7 Å². The van der Waals surface area contributed by atoms with Gasteiger partial charge in [-0.3, -0.25) is 0 Å². The molecule has 1 unspecified atom stereocenters. The van der Waals surface area contributed by atoms with Gasteiger partial charge in [-0.05, 0) is 25.7 Å². The van der Waals surface area contributed by atoms with Crippen LogP contribution in [-0.4, -0.2) is 50.2 Å². The molecule has 1 aliphatic rings. The fourth-order valence-electron chi connectivity index (χ4n) is 2.75. The minimum absolute atomic E-state index is 0.0269. The SMILES string of the molecule is CCCCCCCCOCC(O)CNCC1(OC)CCC1. The molecule has 1 rings (SSSR count). The number of nitrogens with one attached hydrogen (secondary N) is 1. The smallest absolute Gasteiger partial charge is 0.0897 e. The van der Waals surface area contributed by atoms with Crippen LogP contribution in [0.2, 0.25) is 0 Å². The Balaban J connectivity index is 1.86. The molecule has 2 N–H and O–H groups in total. The Kier molecular flexibility index (Phi) is 10.3. The Morgan fingerprint density at radius 3 is 2.48 bits per heavy atom. The van der Waals surface area contributed by atoms with Crippen molar-refractivity contribution in [2.75, 3.05) is 33.4 Å². The molecule has 1 saturated carbocycles. The molecule has 0 saturated heterocycles. The Morgan fingerprint density at radius 2 is 1.86 bits per heavy atom. The Bertz CT molecular complexity index is 239. The first-order valence-electron chi connectivity index (χ1n) is 8.74. The molecule has 0 aliphatic heterocycles. The lowest BCUT2D eigenvalue weighted by Crippen LogP contribution is -2.49. The van der Waals surface area contributed by atoms with Gasteiger partial charge < -0.3 is 19.9 Å². The monoisotopic (exact) mass is 301 g/mol. The van der Waals surface area contributed by atoms with E-state index in [0.717, 1.165) is 32.4 Å². The highest BCUT2D eigenvalue weighted by molar-refractivity contribution is 4.91. The number of hydrogen-bond acceptors (Lipinski definition) is 4. The van der Waals surface area contributed by atoms with Gasteiger partial charge in [-0.1, -0.05) is 39.0 Å². The molecule has 0 heterocycles. The van der Waals surface area contributed by atoms with Crippen LogP contribution in [0.25, 0.3) is 0 Å². The van der Waals surface area contributed by atoms with E-state index in [-0.39, 0.29) is 5.60 Å². The largest absolute Gasteiger partial charge is 0.389 e. The second kappa shape index (κ2) is 11.4. The van der Waals surface area contributed by atoms with Crippen LogP contribution >= 0.6 is 0 Å². The van der Waals surface area contributed by atoms with Crippen LogP contribution in [0.4, 0.5) is 0 Å². The molecule has 0 aromatic rings. The molecule has 0 amide bonds. The predicted molar refractivity (Wildman–Crippen MR) is 86.7 cm³/mol. The van der Waals surface area contributed by atoms with Crippen molar-refractivity contribution in [1.82, 2.24) is 5.32 Å². The molecule has 4 heteroatoms. The average Bonchev–Trinajstić information content (AvgIpc) is 2.45. The second-order valence-electron chi connectivity index (χ2n) is 6.37. The molecule has 0 spiro atoms. The maximum atomic E-state index is 9.85. The molecule has 1 aliphatic carbocycles. The fraction of sp³-hybridized carbons (Fsp3) is 1.00. The average molecular weight is 301 g/mol. The van der Waals surface area contributed by atoms with E-state index in [1.807, 2.05) is 0 Å². The molecule has 4 nitrogen and oxygen atoms in total. The van der Waals surface area contributed by atoms with Gasteiger partial charge in [-0.2, -0.15) is 0 Å². The minimum atomic E-state index is -0.418. The molecule has 0 bridgehead atoms. The maximum Gasteiger partial charge on any atom is 0.0897 e. The highest BCUT2D eigenvalue weighted by atomic mass is 16.5. The number of rotatable bonds is 14. The number of aliphatic hydroxyl groups excluding tert-OH is 1. The first-order chi connectivity index (χ1) is 10.2. The standard InChI is InChI=1S/C17H35NO3/c1-3-4-5-6-7-8-12-21-14-16(19)13-18-15-17(20-2)10-9-11-17/h16,18-19H,3-15H2,1-2H3. The van der Waals surface area contributed by atoms with Crippen LogP contribution < -0.4 is 5.32 Å². The lowest BCUT2D eigenvalue weighted by molar-refractivity contribution is -0.0712. The molecule has 126 valence electrons. The number of aliphatic hydroxyl groups is 1. The van der Waals surface area contributed by atoms with Gasteiger partial charge in [0, 0.05) is 26.8 Å². The van der Waals surface area contributed by atoms with Crippen LogP contribution in [0.5, 0.6) is 0 Å². The van der Waals surface area contributed by atoms with Crippen molar-refractivity contribution in [2.45, 2.75) is 76.4 Å². The highest BCUT2D eigenvalue weighted by Crippen LogP contribution is 2.34. The van der Waals surface area contributed by atoms with Crippen molar-refractivity contribution >= 4 is 0 Å². The van der Waals surface area contributed by atoms with Crippen molar-refractivity contribution in [3.05, 3.63) is 0 Å². The van der Waals surface area contributed by atoms with E-state index in [4.69, 9.17) is 9.47 Å². The first-order valence-corrected chi connectivity index (χ1v) is 8.74. The molecule has 0 aromatic heterocycles. The summed E-state index contributed by atoms with van der Waals surface area (Å²) < 4.78 is 11.1. The van der Waals surface area contributed by atoms with Crippen LogP contribution in [0.3, 0.4) is 0 Å². The lowest BCUT2D eigenvalue weighted by Gasteiger charge is -2.40. The van der Waals surface area contributed by atoms with E-state index < -0.39 is 6.10 Å². The predicted octanol–water partition coefficient (Wildman–Crippen LogP) is 2.88. The van der Waals surface area contributed by atoms with E-state index in [9.17, 15) is 5.11 Å². The summed E-state index contributed by atoms with van der Waals surface area (Å²) in [5, 5.41) is 13.2. The second-order valence-corrected chi connectivity index (χ2v) is 6.37. The van der Waals surface area contributed by atoms with Gasteiger partial charge in [-0.15, -0.1) is 0 Å². The fourth-order valence-corrected chi connectivity index (χ4v) is 2.75. The minimum Gasteiger partial charge on any atom is -0.389 e. The van der Waals surface area contributed by atoms with Gasteiger partial charge in [0.15, 0.2) is 0 Å². The Hall–Kier alpha value is -0.160. The quantitative estimate of drug-likeness (QED) is 0.484. The van der Waals surface area contributed by atoms with E-state index in [1.165, 1.54) is 38.5 Å². The van der Waals surface area contributed by atoms with Crippen LogP contribution in [0, 0.1) is 0 Å². The summed E-state index contributed by atoms with van der Waals surface area (Å²) in [5.74, 6) is 0. The summed E-state index contributed by atoms with van der Waals surface area (Å²) in [6.07, 6.45) is 10.7. The van der Waals surface area contributed by atoms with Gasteiger partial charge in [0.25, 0.3) is 0 Å². The van der Waals surface area contributed by atoms with Crippen molar-refractivity contribution in [3.63, 3.8) is 0 Å². The van der Waals surface area contributed by atoms with Gasteiger partial charge in [0.2, 0.25) is 0 Å². The van der Waals surface area contributed by atoms with Crippen LogP contribution in [0.15, 0.2) is 0 Å².